The van der Waals surface area contributed by atoms with Crippen molar-refractivity contribution < 1.29 is 23.4 Å². The van der Waals surface area contributed by atoms with Crippen molar-refractivity contribution in [3.05, 3.63) is 58.4 Å². The maximum Gasteiger partial charge on any atom is 0.341 e. The lowest BCUT2D eigenvalue weighted by molar-refractivity contribution is 0.0595. The summed E-state index contributed by atoms with van der Waals surface area (Å²) >= 11 is 3.38. The molecular formula is C18H15BrN2O5. The molecule has 3 aromatic rings. The third kappa shape index (κ3) is 4.02. The topological polar surface area (TPSA) is 83.7 Å². The number of nitrogens with zero attached hydrogens (tertiary/aromatic N) is 2. The second-order valence-electron chi connectivity index (χ2n) is 5.15. The predicted molar refractivity (Wildman–Crippen MR) is 96.1 cm³/mol. The van der Waals surface area contributed by atoms with Gasteiger partial charge in [0.25, 0.3) is 5.89 Å². The highest BCUT2D eigenvalue weighted by atomic mass is 79.9. The minimum atomic E-state index is -0.510. The van der Waals surface area contributed by atoms with Crippen molar-refractivity contribution in [2.45, 2.75) is 6.61 Å². The zero-order valence-electron chi connectivity index (χ0n) is 14.1. The van der Waals surface area contributed by atoms with Crippen molar-refractivity contribution in [1.29, 1.82) is 0 Å². The Morgan fingerprint density at radius 1 is 1.12 bits per heavy atom. The number of carbonyl (C=O) groups is 1. The summed E-state index contributed by atoms with van der Waals surface area (Å²) in [5, 5.41) is 7.97. The van der Waals surface area contributed by atoms with E-state index in [0.717, 1.165) is 10.0 Å². The zero-order chi connectivity index (χ0) is 18.5. The second-order valence-corrected chi connectivity index (χ2v) is 6.07. The fourth-order valence-corrected chi connectivity index (χ4v) is 2.45. The first-order valence-corrected chi connectivity index (χ1v) is 8.37. The molecule has 0 fully saturated rings. The molecule has 0 N–H and O–H groups in total. The van der Waals surface area contributed by atoms with Crippen LogP contribution < -0.4 is 9.47 Å². The van der Waals surface area contributed by atoms with Crippen LogP contribution in [0.15, 0.2) is 51.4 Å². The second kappa shape index (κ2) is 8.01. The van der Waals surface area contributed by atoms with Crippen LogP contribution in [0.3, 0.4) is 0 Å². The highest BCUT2D eigenvalue weighted by molar-refractivity contribution is 9.10. The molecule has 3 rings (SSSR count). The first-order chi connectivity index (χ1) is 12.6. The molecule has 0 unspecified atom stereocenters. The summed E-state index contributed by atoms with van der Waals surface area (Å²) in [6.07, 6.45) is 0. The van der Waals surface area contributed by atoms with Crippen molar-refractivity contribution in [2.75, 3.05) is 14.2 Å². The van der Waals surface area contributed by atoms with Crippen LogP contribution in [0.1, 0.15) is 16.2 Å². The monoisotopic (exact) mass is 418 g/mol. The van der Waals surface area contributed by atoms with Gasteiger partial charge in [-0.2, -0.15) is 0 Å². The van der Waals surface area contributed by atoms with Crippen LogP contribution >= 0.6 is 15.9 Å². The number of halogens is 1. The summed E-state index contributed by atoms with van der Waals surface area (Å²) in [7, 11) is 2.83. The largest absolute Gasteiger partial charge is 0.497 e. The van der Waals surface area contributed by atoms with E-state index in [9.17, 15) is 4.79 Å². The number of benzene rings is 2. The molecule has 1 heterocycles. The summed E-state index contributed by atoms with van der Waals surface area (Å²) in [6.45, 7) is 0.000684. The van der Waals surface area contributed by atoms with Gasteiger partial charge in [-0.1, -0.05) is 15.9 Å². The van der Waals surface area contributed by atoms with Crippen LogP contribution in [-0.4, -0.2) is 30.4 Å². The van der Waals surface area contributed by atoms with Gasteiger partial charge in [0.05, 0.1) is 14.2 Å². The van der Waals surface area contributed by atoms with Gasteiger partial charge >= 0.3 is 5.97 Å². The van der Waals surface area contributed by atoms with Gasteiger partial charge in [-0.3, -0.25) is 0 Å². The molecule has 2 aromatic carbocycles. The Balaban J connectivity index is 1.77. The van der Waals surface area contributed by atoms with Crippen molar-refractivity contribution in [3.8, 4) is 23.0 Å². The van der Waals surface area contributed by atoms with Crippen LogP contribution in [0.4, 0.5) is 0 Å². The molecule has 0 aliphatic heterocycles. The average Bonchev–Trinajstić information content (AvgIpc) is 3.15. The van der Waals surface area contributed by atoms with E-state index in [4.69, 9.17) is 18.6 Å². The Labute approximate surface area is 158 Å². The van der Waals surface area contributed by atoms with Crippen molar-refractivity contribution in [1.82, 2.24) is 10.2 Å². The average molecular weight is 419 g/mol. The van der Waals surface area contributed by atoms with Gasteiger partial charge in [0, 0.05) is 16.1 Å². The number of methoxy groups -OCH3 is 2. The first-order valence-electron chi connectivity index (χ1n) is 7.58. The van der Waals surface area contributed by atoms with Gasteiger partial charge in [-0.25, -0.2) is 4.79 Å². The van der Waals surface area contributed by atoms with Crippen LogP contribution in [-0.2, 0) is 11.3 Å². The molecule has 0 amide bonds. The van der Waals surface area contributed by atoms with Gasteiger partial charge in [0.1, 0.15) is 17.1 Å². The van der Waals surface area contributed by atoms with Crippen LogP contribution in [0.2, 0.25) is 0 Å². The van der Waals surface area contributed by atoms with Gasteiger partial charge in [-0.15, -0.1) is 10.2 Å². The Hall–Kier alpha value is -2.87. The highest BCUT2D eigenvalue weighted by Gasteiger charge is 2.16. The Morgan fingerprint density at radius 2 is 1.88 bits per heavy atom. The van der Waals surface area contributed by atoms with E-state index in [2.05, 4.69) is 26.1 Å². The lowest BCUT2D eigenvalue weighted by Gasteiger charge is -2.10. The molecule has 0 aliphatic rings. The number of hydrogen-bond donors (Lipinski definition) is 0. The van der Waals surface area contributed by atoms with E-state index in [1.807, 2.05) is 24.3 Å². The molecule has 0 radical (unpaired) electrons. The third-order valence-electron chi connectivity index (χ3n) is 3.50. The molecule has 0 spiro atoms. The molecule has 0 saturated heterocycles. The Kier molecular flexibility index (Phi) is 5.52. The Bertz CT molecular complexity index is 908. The summed E-state index contributed by atoms with van der Waals surface area (Å²) < 4.78 is 22.2. The summed E-state index contributed by atoms with van der Waals surface area (Å²) in [4.78, 5) is 11.9. The summed E-state index contributed by atoms with van der Waals surface area (Å²) in [5.74, 6) is 1.01. The minimum absolute atomic E-state index is 0.000684. The first kappa shape index (κ1) is 17.9. The summed E-state index contributed by atoms with van der Waals surface area (Å²) in [6, 6.07) is 12.3. The van der Waals surface area contributed by atoms with E-state index >= 15 is 0 Å². The predicted octanol–water partition coefficient (Wildman–Crippen LogP) is 3.87. The highest BCUT2D eigenvalue weighted by Crippen LogP contribution is 2.27. The van der Waals surface area contributed by atoms with Crippen LogP contribution in [0.5, 0.6) is 11.5 Å². The molecule has 1 aromatic heterocycles. The third-order valence-corrected chi connectivity index (χ3v) is 4.03. The zero-order valence-corrected chi connectivity index (χ0v) is 15.6. The fourth-order valence-electron chi connectivity index (χ4n) is 2.19. The van der Waals surface area contributed by atoms with Crippen LogP contribution in [0.25, 0.3) is 11.5 Å². The SMILES string of the molecule is COC(=O)c1ccc(OC)cc1OCc1nnc(-c2ccc(Br)cc2)o1. The fraction of sp³-hybridized carbons (Fsp3) is 0.167. The number of rotatable bonds is 6. The molecule has 0 atom stereocenters. The maximum atomic E-state index is 11.9. The quantitative estimate of drug-likeness (QED) is 0.561. The number of aromatic nitrogens is 2. The normalized spacial score (nSPS) is 10.4. The van der Waals surface area contributed by atoms with Crippen molar-refractivity contribution >= 4 is 21.9 Å². The molecule has 0 saturated carbocycles. The smallest absolute Gasteiger partial charge is 0.341 e. The molecule has 0 aliphatic carbocycles. The van der Waals surface area contributed by atoms with Gasteiger partial charge in [0.15, 0.2) is 6.61 Å². The number of esters is 1. The Morgan fingerprint density at radius 3 is 2.58 bits per heavy atom. The van der Waals surface area contributed by atoms with E-state index in [0.29, 0.717) is 17.4 Å². The van der Waals surface area contributed by atoms with E-state index < -0.39 is 5.97 Å². The van der Waals surface area contributed by atoms with E-state index in [-0.39, 0.29) is 18.1 Å². The van der Waals surface area contributed by atoms with Gasteiger partial charge in [-0.05, 0) is 36.4 Å². The van der Waals surface area contributed by atoms with Crippen molar-refractivity contribution in [3.63, 3.8) is 0 Å². The number of ether oxygens (including phenoxy) is 3. The van der Waals surface area contributed by atoms with Crippen LogP contribution in [0, 0.1) is 0 Å². The molecule has 7 nitrogen and oxygen atoms in total. The lowest BCUT2D eigenvalue weighted by atomic mass is 10.2. The maximum absolute atomic E-state index is 11.9. The van der Waals surface area contributed by atoms with Crippen molar-refractivity contribution in [2.24, 2.45) is 0 Å². The standard InChI is InChI=1S/C18H15BrN2O5/c1-23-13-7-8-14(18(22)24-2)15(9-13)25-10-16-20-21-17(26-16)11-3-5-12(19)6-4-11/h3-9H,10H2,1-2H3. The molecule has 8 heteroatoms. The lowest BCUT2D eigenvalue weighted by Crippen LogP contribution is -2.06. The number of hydrogen-bond acceptors (Lipinski definition) is 7. The summed E-state index contributed by atoms with van der Waals surface area (Å²) in [5.41, 5.74) is 1.07. The van der Waals surface area contributed by atoms with Gasteiger partial charge < -0.3 is 18.6 Å². The minimum Gasteiger partial charge on any atom is -0.497 e. The van der Waals surface area contributed by atoms with E-state index in [1.165, 1.54) is 14.2 Å². The molecule has 0 bridgehead atoms. The molecule has 26 heavy (non-hydrogen) atoms. The molecular weight excluding hydrogens is 404 g/mol. The van der Waals surface area contributed by atoms with E-state index in [1.54, 1.807) is 18.2 Å². The van der Waals surface area contributed by atoms with Gasteiger partial charge in [0.2, 0.25) is 5.89 Å². The number of carbonyl (C=O) groups excluding carboxylic acids is 1. The molecule has 134 valence electrons.